The van der Waals surface area contributed by atoms with Crippen LogP contribution >= 0.6 is 23.4 Å². The second kappa shape index (κ2) is 7.34. The predicted molar refractivity (Wildman–Crippen MR) is 84.3 cm³/mol. The van der Waals surface area contributed by atoms with Gasteiger partial charge in [0.05, 0.1) is 11.4 Å². The van der Waals surface area contributed by atoms with E-state index in [1.807, 2.05) is 0 Å². The molecule has 23 heavy (non-hydrogen) atoms. The maximum Gasteiger partial charge on any atom is 0.313 e. The van der Waals surface area contributed by atoms with Gasteiger partial charge in [0.1, 0.15) is 5.75 Å². The molecule has 0 unspecified atom stereocenters. The molecule has 1 aromatic carbocycles. The van der Waals surface area contributed by atoms with Gasteiger partial charge in [0, 0.05) is 18.1 Å². The van der Waals surface area contributed by atoms with Crippen molar-refractivity contribution in [2.75, 3.05) is 24.2 Å². The fraction of sp³-hybridized carbons (Fsp3) is 0.231. The molecule has 1 aliphatic rings. The molecular formula is C13H12ClN3O5S. The van der Waals surface area contributed by atoms with Crippen LogP contribution in [0.25, 0.3) is 0 Å². The minimum atomic E-state index is -1.00. The van der Waals surface area contributed by atoms with Crippen molar-refractivity contribution in [2.45, 2.75) is 0 Å². The number of rotatable bonds is 4. The average molecular weight is 358 g/mol. The van der Waals surface area contributed by atoms with Crippen LogP contribution in [0.1, 0.15) is 0 Å². The summed E-state index contributed by atoms with van der Waals surface area (Å²) in [4.78, 5) is 47.1. The van der Waals surface area contributed by atoms with Crippen LogP contribution in [0.3, 0.4) is 0 Å². The van der Waals surface area contributed by atoms with Gasteiger partial charge in [0.15, 0.2) is 0 Å². The molecule has 3 N–H and O–H groups in total. The van der Waals surface area contributed by atoms with Crippen molar-refractivity contribution in [3.63, 3.8) is 0 Å². The van der Waals surface area contributed by atoms with Crippen molar-refractivity contribution < 1.29 is 24.3 Å². The Bertz CT molecular complexity index is 666. The molecule has 0 aromatic heterocycles. The first kappa shape index (κ1) is 17.1. The van der Waals surface area contributed by atoms with Crippen LogP contribution < -0.4 is 10.6 Å². The highest BCUT2D eigenvalue weighted by Crippen LogP contribution is 2.26. The number of carbonyl (C=O) groups excluding carboxylic acids is 4. The van der Waals surface area contributed by atoms with E-state index in [1.165, 1.54) is 18.2 Å². The summed E-state index contributed by atoms with van der Waals surface area (Å²) < 4.78 is 0. The number of anilines is 1. The van der Waals surface area contributed by atoms with Gasteiger partial charge in [-0.05, 0) is 18.2 Å². The lowest BCUT2D eigenvalue weighted by atomic mass is 10.3. The summed E-state index contributed by atoms with van der Waals surface area (Å²) in [6.07, 6.45) is 0. The first-order valence-corrected chi connectivity index (χ1v) is 7.79. The Hall–Kier alpha value is -2.26. The first-order valence-electron chi connectivity index (χ1n) is 6.43. The van der Waals surface area contributed by atoms with Gasteiger partial charge < -0.3 is 15.7 Å². The van der Waals surface area contributed by atoms with Gasteiger partial charge in [-0.1, -0.05) is 23.4 Å². The summed E-state index contributed by atoms with van der Waals surface area (Å²) in [7, 11) is 0. The summed E-state index contributed by atoms with van der Waals surface area (Å²) >= 11 is 6.62. The number of thioether (sulfide) groups is 1. The number of carbonyl (C=O) groups is 4. The second-order valence-corrected chi connectivity index (χ2v) is 5.83. The number of aromatic hydroxyl groups is 1. The molecule has 1 aliphatic heterocycles. The molecule has 0 spiro atoms. The minimum Gasteiger partial charge on any atom is -0.506 e. The largest absolute Gasteiger partial charge is 0.506 e. The Morgan fingerprint density at radius 3 is 2.70 bits per heavy atom. The molecule has 1 saturated heterocycles. The maximum atomic E-state index is 11.7. The quantitative estimate of drug-likeness (QED) is 0.542. The van der Waals surface area contributed by atoms with E-state index in [0.717, 1.165) is 16.7 Å². The number of nitrogens with one attached hydrogen (secondary N) is 2. The highest BCUT2D eigenvalue weighted by atomic mass is 35.5. The summed E-state index contributed by atoms with van der Waals surface area (Å²) in [5.74, 6) is -2.45. The van der Waals surface area contributed by atoms with Crippen molar-refractivity contribution in [2.24, 2.45) is 0 Å². The molecule has 0 atom stereocenters. The molecule has 1 aromatic rings. The SMILES string of the molecule is O=C(NCCN1C(=O)CSC1=O)C(=O)Nc1cc(Cl)ccc1O. The standard InChI is InChI=1S/C13H12ClN3O5S/c14-7-1-2-9(18)8(5-7)16-12(21)11(20)15-3-4-17-10(19)6-23-13(17)22/h1-2,5,18H,3-4,6H2,(H,15,20)(H,16,21). The van der Waals surface area contributed by atoms with Gasteiger partial charge >= 0.3 is 11.8 Å². The van der Waals surface area contributed by atoms with Gasteiger partial charge in [-0.25, -0.2) is 0 Å². The van der Waals surface area contributed by atoms with Crippen LogP contribution in [0.4, 0.5) is 10.5 Å². The van der Waals surface area contributed by atoms with Gasteiger partial charge in [-0.15, -0.1) is 0 Å². The molecule has 2 rings (SSSR count). The molecule has 0 bridgehead atoms. The van der Waals surface area contributed by atoms with Crippen LogP contribution in [0.5, 0.6) is 5.75 Å². The van der Waals surface area contributed by atoms with Crippen LogP contribution in [-0.2, 0) is 14.4 Å². The molecule has 1 fully saturated rings. The summed E-state index contributed by atoms with van der Waals surface area (Å²) in [5, 5.41) is 14.0. The molecule has 0 radical (unpaired) electrons. The zero-order chi connectivity index (χ0) is 17.0. The fourth-order valence-electron chi connectivity index (χ4n) is 1.75. The summed E-state index contributed by atoms with van der Waals surface area (Å²) in [6, 6.07) is 3.99. The first-order chi connectivity index (χ1) is 10.9. The molecule has 8 nitrogen and oxygen atoms in total. The lowest BCUT2D eigenvalue weighted by Gasteiger charge is -2.13. The van der Waals surface area contributed by atoms with E-state index >= 15 is 0 Å². The Morgan fingerprint density at radius 1 is 1.30 bits per heavy atom. The van der Waals surface area contributed by atoms with Gasteiger partial charge in [-0.2, -0.15) is 0 Å². The van der Waals surface area contributed by atoms with Crippen LogP contribution in [0.2, 0.25) is 5.02 Å². The number of amides is 4. The smallest absolute Gasteiger partial charge is 0.313 e. The monoisotopic (exact) mass is 357 g/mol. The van der Waals surface area contributed by atoms with Gasteiger partial charge in [0.2, 0.25) is 5.91 Å². The zero-order valence-electron chi connectivity index (χ0n) is 11.7. The Morgan fingerprint density at radius 2 is 2.04 bits per heavy atom. The number of imide groups is 1. The van der Waals surface area contributed by atoms with Crippen LogP contribution in [0, 0.1) is 0 Å². The highest BCUT2D eigenvalue weighted by Gasteiger charge is 2.29. The molecule has 10 heteroatoms. The number of nitrogens with zero attached hydrogens (tertiary/aromatic N) is 1. The van der Waals surface area contributed by atoms with E-state index in [2.05, 4.69) is 10.6 Å². The van der Waals surface area contributed by atoms with Crippen molar-refractivity contribution in [1.82, 2.24) is 10.2 Å². The molecule has 0 saturated carbocycles. The normalized spacial score (nSPS) is 14.0. The molecule has 4 amide bonds. The third kappa shape index (κ3) is 4.36. The average Bonchev–Trinajstić information content (AvgIpc) is 2.82. The Labute approximate surface area is 140 Å². The van der Waals surface area contributed by atoms with Crippen molar-refractivity contribution in [3.8, 4) is 5.75 Å². The molecular weight excluding hydrogens is 346 g/mol. The third-order valence-electron chi connectivity index (χ3n) is 2.87. The van der Waals surface area contributed by atoms with Crippen molar-refractivity contribution >= 4 is 52.0 Å². The maximum absolute atomic E-state index is 11.7. The topological polar surface area (TPSA) is 116 Å². The highest BCUT2D eigenvalue weighted by molar-refractivity contribution is 8.14. The minimum absolute atomic E-state index is 0.000974. The fourth-order valence-corrected chi connectivity index (χ4v) is 2.67. The molecule has 122 valence electrons. The summed E-state index contributed by atoms with van der Waals surface area (Å²) in [6.45, 7) is -0.0576. The van der Waals surface area contributed by atoms with Crippen LogP contribution in [-0.4, -0.2) is 51.8 Å². The molecule has 0 aliphatic carbocycles. The summed E-state index contributed by atoms with van der Waals surface area (Å²) in [5.41, 5.74) is -0.000974. The number of phenols is 1. The van der Waals surface area contributed by atoms with E-state index in [9.17, 15) is 24.3 Å². The lowest BCUT2D eigenvalue weighted by Crippen LogP contribution is -2.41. The Kier molecular flexibility index (Phi) is 5.45. The number of phenolic OH excluding ortho intramolecular Hbond substituents is 1. The van der Waals surface area contributed by atoms with E-state index in [1.54, 1.807) is 0 Å². The Balaban J connectivity index is 1.83. The third-order valence-corrected chi connectivity index (χ3v) is 3.97. The number of hydrogen-bond acceptors (Lipinski definition) is 6. The van der Waals surface area contributed by atoms with Crippen molar-refractivity contribution in [1.29, 1.82) is 0 Å². The number of benzene rings is 1. The van der Waals surface area contributed by atoms with Crippen LogP contribution in [0.15, 0.2) is 18.2 Å². The van der Waals surface area contributed by atoms with Gasteiger partial charge in [-0.3, -0.25) is 24.1 Å². The van der Waals surface area contributed by atoms with E-state index in [-0.39, 0.29) is 46.4 Å². The second-order valence-electron chi connectivity index (χ2n) is 4.47. The zero-order valence-corrected chi connectivity index (χ0v) is 13.2. The van der Waals surface area contributed by atoms with E-state index in [0.29, 0.717) is 0 Å². The lowest BCUT2D eigenvalue weighted by molar-refractivity contribution is -0.136. The molecule has 1 heterocycles. The van der Waals surface area contributed by atoms with E-state index < -0.39 is 11.8 Å². The van der Waals surface area contributed by atoms with E-state index in [4.69, 9.17) is 11.6 Å². The van der Waals surface area contributed by atoms with Crippen molar-refractivity contribution in [3.05, 3.63) is 23.2 Å². The van der Waals surface area contributed by atoms with Gasteiger partial charge in [0.25, 0.3) is 5.24 Å². The number of hydrogen-bond donors (Lipinski definition) is 3. The predicted octanol–water partition coefficient (Wildman–Crippen LogP) is 0.796. The number of halogens is 1.